The molecule has 0 rings (SSSR count). The zero-order valence-corrected chi connectivity index (χ0v) is 7.47. The second-order valence-electron chi connectivity index (χ2n) is 0. The van der Waals surface area contributed by atoms with Crippen LogP contribution in [0.5, 0.6) is 0 Å². The standard InChI is InChI=1S/ClH.3H2O.Sn.2H/h1H;3*1H2;;;. The molecule has 0 aliphatic carbocycles. The van der Waals surface area contributed by atoms with E-state index in [0.29, 0.717) is 0 Å². The van der Waals surface area contributed by atoms with Gasteiger partial charge in [-0.3, -0.25) is 0 Å². The molecule has 5 heteroatoms. The Labute approximate surface area is 53.0 Å². The summed E-state index contributed by atoms with van der Waals surface area (Å²) in [4.78, 5) is 0. The Hall–Kier alpha value is 0.969. The average molecular weight is 211 g/mol. The molecule has 0 aromatic rings. The van der Waals surface area contributed by atoms with E-state index in [0.717, 1.165) is 0 Å². The van der Waals surface area contributed by atoms with E-state index in [9.17, 15) is 0 Å². The predicted octanol–water partition coefficient (Wildman–Crippen LogP) is -2.97. The number of hydrogen-bond acceptors (Lipinski definition) is 0. The van der Waals surface area contributed by atoms with Crippen molar-refractivity contribution in [2.75, 3.05) is 0 Å². The van der Waals surface area contributed by atoms with Crippen LogP contribution in [0, 0.1) is 0 Å². The zero-order chi connectivity index (χ0) is 0. The van der Waals surface area contributed by atoms with E-state index in [1.165, 1.54) is 0 Å². The van der Waals surface area contributed by atoms with Gasteiger partial charge in [-0.25, -0.2) is 0 Å². The van der Waals surface area contributed by atoms with Crippen molar-refractivity contribution in [2.45, 2.75) is 0 Å². The van der Waals surface area contributed by atoms with Gasteiger partial charge in [-0.15, -0.1) is 12.4 Å². The van der Waals surface area contributed by atoms with E-state index in [1.807, 2.05) is 0 Å². The molecule has 0 amide bonds. The van der Waals surface area contributed by atoms with Crippen LogP contribution in [0.3, 0.4) is 0 Å². The number of rotatable bonds is 0. The normalized spacial score (nSPS) is 0. The van der Waals surface area contributed by atoms with E-state index in [2.05, 4.69) is 0 Å². The van der Waals surface area contributed by atoms with Crippen molar-refractivity contribution in [1.82, 2.24) is 0 Å². The van der Waals surface area contributed by atoms with Crippen molar-refractivity contribution in [3.8, 4) is 0 Å². The van der Waals surface area contributed by atoms with Crippen molar-refractivity contribution in [1.29, 1.82) is 0 Å². The fourth-order valence-electron chi connectivity index (χ4n) is 0. The van der Waals surface area contributed by atoms with Crippen molar-refractivity contribution >= 4 is 36.3 Å². The molecule has 2 radical (unpaired) electrons. The summed E-state index contributed by atoms with van der Waals surface area (Å²) >= 11 is 0. The molecule has 0 atom stereocenters. The average Bonchev–Trinajstić information content (AvgIpc) is 0. The van der Waals surface area contributed by atoms with Crippen LogP contribution in [0.1, 0.15) is 0 Å². The maximum absolute atomic E-state index is 0. The van der Waals surface area contributed by atoms with Crippen molar-refractivity contribution in [3.63, 3.8) is 0 Å². The Morgan fingerprint density at radius 2 is 0.600 bits per heavy atom. The Kier molecular flexibility index (Phi) is 2620. The zero-order valence-electron chi connectivity index (χ0n) is 2.62. The van der Waals surface area contributed by atoms with Gasteiger partial charge in [0.15, 0.2) is 0 Å². The van der Waals surface area contributed by atoms with Gasteiger partial charge in [0.25, 0.3) is 0 Å². The number of hydrogen-bond donors (Lipinski definition) is 0. The van der Waals surface area contributed by atoms with E-state index in [1.54, 1.807) is 0 Å². The molecule has 3 nitrogen and oxygen atoms in total. The molecule has 0 heterocycles. The van der Waals surface area contributed by atoms with Crippen LogP contribution in [-0.4, -0.2) is 40.3 Å². The van der Waals surface area contributed by atoms with Gasteiger partial charge < -0.3 is 16.4 Å². The first-order valence-electron chi connectivity index (χ1n) is 0. The molecular weight excluding hydrogens is 202 g/mol. The van der Waals surface area contributed by atoms with E-state index in [4.69, 9.17) is 0 Å². The minimum atomic E-state index is 0. The van der Waals surface area contributed by atoms with Gasteiger partial charge in [-0.2, -0.15) is 0 Å². The van der Waals surface area contributed by atoms with Crippen LogP contribution in [0.15, 0.2) is 0 Å². The van der Waals surface area contributed by atoms with E-state index < -0.39 is 0 Å². The third kappa shape index (κ3) is 46.7. The molecule has 0 aromatic carbocycles. The summed E-state index contributed by atoms with van der Waals surface area (Å²) in [6.07, 6.45) is 0. The molecule has 0 fully saturated rings. The van der Waals surface area contributed by atoms with Crippen LogP contribution < -0.4 is 0 Å². The molecule has 0 saturated carbocycles. The SMILES string of the molecule is Cl.O.O.O.[SnH2]. The van der Waals surface area contributed by atoms with Gasteiger partial charge in [-0.05, 0) is 0 Å². The Bertz CT molecular complexity index is 6.85. The topological polar surface area (TPSA) is 94.5 Å². The third-order valence-electron chi connectivity index (χ3n) is 0. The predicted molar refractivity (Wildman–Crippen MR) is 26.6 cm³/mol. The maximum atomic E-state index is 0. The summed E-state index contributed by atoms with van der Waals surface area (Å²) in [6.45, 7) is 0. The summed E-state index contributed by atoms with van der Waals surface area (Å²) < 4.78 is 0. The first kappa shape index (κ1) is 157. The van der Waals surface area contributed by atoms with Crippen LogP contribution in [0.2, 0.25) is 0 Å². The van der Waals surface area contributed by atoms with E-state index >= 15 is 0 Å². The number of halogens is 1. The molecule has 38 valence electrons. The van der Waals surface area contributed by atoms with Crippen LogP contribution in [0.25, 0.3) is 0 Å². The first-order chi connectivity index (χ1) is 0. The molecule has 0 spiro atoms. The fourth-order valence-corrected chi connectivity index (χ4v) is 0. The Morgan fingerprint density at radius 1 is 0.600 bits per heavy atom. The van der Waals surface area contributed by atoms with Crippen molar-refractivity contribution < 1.29 is 16.4 Å². The quantitative estimate of drug-likeness (QED) is 0.383. The van der Waals surface area contributed by atoms with Gasteiger partial charge in [0, 0.05) is 0 Å². The second kappa shape index (κ2) is 83.4. The van der Waals surface area contributed by atoms with Crippen molar-refractivity contribution in [2.24, 2.45) is 0 Å². The molecule has 0 saturated heterocycles. The minimum absolute atomic E-state index is 0. The molecule has 0 aliphatic heterocycles. The fraction of sp³-hybridized carbons (Fsp3) is 0. The molecule has 6 N–H and O–H groups in total. The molecule has 5 heavy (non-hydrogen) atoms. The first-order valence-corrected chi connectivity index (χ1v) is 0. The van der Waals surface area contributed by atoms with Crippen LogP contribution >= 0.6 is 12.4 Å². The van der Waals surface area contributed by atoms with Gasteiger partial charge in [0.05, 0.1) is 0 Å². The van der Waals surface area contributed by atoms with Crippen molar-refractivity contribution in [3.05, 3.63) is 0 Å². The monoisotopic (exact) mass is 212 g/mol. The summed E-state index contributed by atoms with van der Waals surface area (Å²) in [5.41, 5.74) is 0. The van der Waals surface area contributed by atoms with E-state index in [-0.39, 0.29) is 52.7 Å². The van der Waals surface area contributed by atoms with Gasteiger partial charge in [0.2, 0.25) is 0 Å². The van der Waals surface area contributed by atoms with Crippen LogP contribution in [-0.2, 0) is 0 Å². The molecule has 0 bridgehead atoms. The molecule has 0 aromatic heterocycles. The third-order valence-corrected chi connectivity index (χ3v) is 0. The van der Waals surface area contributed by atoms with Gasteiger partial charge in [-0.1, -0.05) is 0 Å². The summed E-state index contributed by atoms with van der Waals surface area (Å²) in [7, 11) is 0. The molecular formula is H9ClO3Sn. The summed E-state index contributed by atoms with van der Waals surface area (Å²) in [5.74, 6) is 0. The second-order valence-corrected chi connectivity index (χ2v) is 0. The Morgan fingerprint density at radius 3 is 0.600 bits per heavy atom. The Balaban J connectivity index is 0. The summed E-state index contributed by atoms with van der Waals surface area (Å²) in [6, 6.07) is 0. The van der Waals surface area contributed by atoms with Crippen LogP contribution in [0.4, 0.5) is 0 Å². The summed E-state index contributed by atoms with van der Waals surface area (Å²) in [5, 5.41) is 0. The molecule has 0 unspecified atom stereocenters. The van der Waals surface area contributed by atoms with Gasteiger partial charge >= 0.3 is 23.9 Å². The molecule has 0 aliphatic rings. The van der Waals surface area contributed by atoms with Gasteiger partial charge in [0.1, 0.15) is 0 Å².